The van der Waals surface area contributed by atoms with Crippen LogP contribution in [0, 0.1) is 10.1 Å². The first-order valence-electron chi connectivity index (χ1n) is 8.05. The lowest BCUT2D eigenvalue weighted by atomic mass is 10.1. The van der Waals surface area contributed by atoms with Crippen LogP contribution in [0.25, 0.3) is 0 Å². The smallest absolute Gasteiger partial charge is 0.293 e. The summed E-state index contributed by atoms with van der Waals surface area (Å²) in [6, 6.07) is 4.61. The van der Waals surface area contributed by atoms with Crippen molar-refractivity contribution < 1.29 is 14.5 Å². The van der Waals surface area contributed by atoms with E-state index in [0.717, 1.165) is 25.7 Å². The number of benzene rings is 1. The highest BCUT2D eigenvalue weighted by atomic mass is 16.6. The molecule has 0 bridgehead atoms. The van der Waals surface area contributed by atoms with Gasteiger partial charge in [0.1, 0.15) is 5.69 Å². The van der Waals surface area contributed by atoms with E-state index in [2.05, 4.69) is 5.32 Å². The molecule has 0 atom stereocenters. The van der Waals surface area contributed by atoms with Crippen LogP contribution in [-0.4, -0.2) is 40.8 Å². The predicted molar refractivity (Wildman–Crippen MR) is 89.7 cm³/mol. The number of unbranched alkanes of at least 4 members (excludes halogenated alkanes) is 1. The van der Waals surface area contributed by atoms with Gasteiger partial charge in [0, 0.05) is 24.2 Å². The SMILES string of the molecule is CCCCN(CC(N)=O)C(=O)c1ccc(NC2CC2)c([N+](=O)[O-])c1. The maximum atomic E-state index is 12.6. The first kappa shape index (κ1) is 17.7. The number of nitrogens with two attached hydrogens (primary N) is 1. The summed E-state index contributed by atoms with van der Waals surface area (Å²) in [6.45, 7) is 2.15. The highest BCUT2D eigenvalue weighted by molar-refractivity contribution is 5.97. The van der Waals surface area contributed by atoms with Crippen molar-refractivity contribution in [1.82, 2.24) is 4.90 Å². The Labute approximate surface area is 140 Å². The normalized spacial score (nSPS) is 13.4. The maximum Gasteiger partial charge on any atom is 0.293 e. The fourth-order valence-electron chi connectivity index (χ4n) is 2.36. The fraction of sp³-hybridized carbons (Fsp3) is 0.500. The summed E-state index contributed by atoms with van der Waals surface area (Å²) in [7, 11) is 0. The second-order valence-electron chi connectivity index (χ2n) is 5.95. The summed E-state index contributed by atoms with van der Waals surface area (Å²) in [4.78, 5) is 35.9. The average Bonchev–Trinajstić information content (AvgIpc) is 3.34. The summed E-state index contributed by atoms with van der Waals surface area (Å²) in [6.07, 6.45) is 3.55. The number of nitro groups is 1. The second kappa shape index (κ2) is 7.76. The fourth-order valence-corrected chi connectivity index (χ4v) is 2.36. The molecule has 0 aliphatic heterocycles. The monoisotopic (exact) mass is 334 g/mol. The summed E-state index contributed by atoms with van der Waals surface area (Å²) >= 11 is 0. The third-order valence-electron chi connectivity index (χ3n) is 3.79. The van der Waals surface area contributed by atoms with Crippen molar-refractivity contribution in [3.8, 4) is 0 Å². The highest BCUT2D eigenvalue weighted by Gasteiger charge is 2.26. The molecule has 2 rings (SSSR count). The molecule has 0 saturated heterocycles. The Balaban J connectivity index is 2.23. The van der Waals surface area contributed by atoms with Gasteiger partial charge in [0.15, 0.2) is 0 Å². The summed E-state index contributed by atoms with van der Waals surface area (Å²) in [5.41, 5.74) is 5.65. The van der Waals surface area contributed by atoms with Gasteiger partial charge in [0.25, 0.3) is 11.6 Å². The van der Waals surface area contributed by atoms with Crippen molar-refractivity contribution in [3.63, 3.8) is 0 Å². The Bertz CT molecular complexity index is 643. The molecule has 0 spiro atoms. The molecule has 1 saturated carbocycles. The minimum absolute atomic E-state index is 0.137. The third kappa shape index (κ3) is 4.68. The Morgan fingerprint density at radius 2 is 2.12 bits per heavy atom. The van der Waals surface area contributed by atoms with Crippen LogP contribution in [0.4, 0.5) is 11.4 Å². The minimum Gasteiger partial charge on any atom is -0.377 e. The number of hydrogen-bond donors (Lipinski definition) is 2. The molecule has 8 heteroatoms. The molecular formula is C16H22N4O4. The largest absolute Gasteiger partial charge is 0.377 e. The van der Waals surface area contributed by atoms with Crippen LogP contribution in [0.1, 0.15) is 43.0 Å². The third-order valence-corrected chi connectivity index (χ3v) is 3.79. The number of nitrogens with one attached hydrogen (secondary N) is 1. The van der Waals surface area contributed by atoms with Crippen molar-refractivity contribution in [3.05, 3.63) is 33.9 Å². The number of rotatable bonds is 9. The molecular weight excluding hydrogens is 312 g/mol. The number of amides is 2. The maximum absolute atomic E-state index is 12.6. The van der Waals surface area contributed by atoms with E-state index in [1.807, 2.05) is 6.92 Å². The second-order valence-corrected chi connectivity index (χ2v) is 5.95. The van der Waals surface area contributed by atoms with E-state index in [1.54, 1.807) is 12.1 Å². The Morgan fingerprint density at radius 3 is 2.67 bits per heavy atom. The van der Waals surface area contributed by atoms with Crippen molar-refractivity contribution in [2.45, 2.75) is 38.6 Å². The van der Waals surface area contributed by atoms with Crippen LogP contribution in [0.5, 0.6) is 0 Å². The van der Waals surface area contributed by atoms with Crippen molar-refractivity contribution in [2.24, 2.45) is 5.73 Å². The number of carbonyl (C=O) groups excluding carboxylic acids is 2. The lowest BCUT2D eigenvalue weighted by molar-refractivity contribution is -0.384. The zero-order valence-electron chi connectivity index (χ0n) is 13.7. The van der Waals surface area contributed by atoms with Crippen molar-refractivity contribution in [1.29, 1.82) is 0 Å². The molecule has 1 aromatic carbocycles. The van der Waals surface area contributed by atoms with Crippen LogP contribution in [-0.2, 0) is 4.79 Å². The van der Waals surface area contributed by atoms with Crippen LogP contribution < -0.4 is 11.1 Å². The lowest BCUT2D eigenvalue weighted by Gasteiger charge is -2.21. The summed E-state index contributed by atoms with van der Waals surface area (Å²) in [5.74, 6) is -1.04. The zero-order chi connectivity index (χ0) is 17.7. The van der Waals surface area contributed by atoms with Crippen LogP contribution in [0.2, 0.25) is 0 Å². The first-order valence-corrected chi connectivity index (χ1v) is 8.05. The lowest BCUT2D eigenvalue weighted by Crippen LogP contribution is -2.39. The van der Waals surface area contributed by atoms with Gasteiger partial charge in [0.05, 0.1) is 11.5 Å². The van der Waals surface area contributed by atoms with Crippen molar-refractivity contribution >= 4 is 23.2 Å². The van der Waals surface area contributed by atoms with E-state index in [-0.39, 0.29) is 23.8 Å². The molecule has 0 heterocycles. The molecule has 1 aliphatic rings. The van der Waals surface area contributed by atoms with E-state index in [1.165, 1.54) is 11.0 Å². The van der Waals surface area contributed by atoms with Gasteiger partial charge in [-0.05, 0) is 31.4 Å². The van der Waals surface area contributed by atoms with Gasteiger partial charge in [-0.25, -0.2) is 0 Å². The van der Waals surface area contributed by atoms with E-state index >= 15 is 0 Å². The minimum atomic E-state index is -0.610. The number of hydrogen-bond acceptors (Lipinski definition) is 5. The number of carbonyl (C=O) groups is 2. The number of nitro benzene ring substituents is 1. The van der Waals surface area contributed by atoms with Gasteiger partial charge in [-0.15, -0.1) is 0 Å². The quantitative estimate of drug-likeness (QED) is 0.528. The van der Waals surface area contributed by atoms with Crippen LogP contribution >= 0.6 is 0 Å². The zero-order valence-corrected chi connectivity index (χ0v) is 13.7. The molecule has 24 heavy (non-hydrogen) atoms. The summed E-state index contributed by atoms with van der Waals surface area (Å²) < 4.78 is 0. The molecule has 3 N–H and O–H groups in total. The Kier molecular flexibility index (Phi) is 5.73. The van der Waals surface area contributed by atoms with E-state index in [0.29, 0.717) is 12.2 Å². The standard InChI is InChI=1S/C16H22N4O4/c1-2-3-8-19(10-15(17)21)16(22)11-4-7-13(18-12-5-6-12)14(9-11)20(23)24/h4,7,9,12,18H,2-3,5-6,8,10H2,1H3,(H2,17,21). The van der Waals surface area contributed by atoms with Crippen LogP contribution in [0.3, 0.4) is 0 Å². The van der Waals surface area contributed by atoms with E-state index in [9.17, 15) is 19.7 Å². The van der Waals surface area contributed by atoms with Gasteiger partial charge < -0.3 is 16.0 Å². The molecule has 1 aromatic rings. The molecule has 1 aliphatic carbocycles. The molecule has 2 amide bonds. The number of nitrogens with zero attached hydrogens (tertiary/aromatic N) is 2. The van der Waals surface area contributed by atoms with Gasteiger partial charge >= 0.3 is 0 Å². The molecule has 1 fully saturated rings. The average molecular weight is 334 g/mol. The number of primary amides is 1. The summed E-state index contributed by atoms with van der Waals surface area (Å²) in [5, 5.41) is 14.4. The molecule has 130 valence electrons. The van der Waals surface area contributed by atoms with E-state index in [4.69, 9.17) is 5.73 Å². The van der Waals surface area contributed by atoms with Crippen molar-refractivity contribution in [2.75, 3.05) is 18.4 Å². The topological polar surface area (TPSA) is 119 Å². The van der Waals surface area contributed by atoms with Gasteiger partial charge in [-0.1, -0.05) is 13.3 Å². The van der Waals surface area contributed by atoms with Gasteiger partial charge in [-0.2, -0.15) is 0 Å². The van der Waals surface area contributed by atoms with Gasteiger partial charge in [0.2, 0.25) is 5.91 Å². The van der Waals surface area contributed by atoms with Gasteiger partial charge in [-0.3, -0.25) is 19.7 Å². The van der Waals surface area contributed by atoms with Crippen LogP contribution in [0.15, 0.2) is 18.2 Å². The predicted octanol–water partition coefficient (Wildman–Crippen LogP) is 1.90. The Morgan fingerprint density at radius 1 is 1.42 bits per heavy atom. The molecule has 8 nitrogen and oxygen atoms in total. The molecule has 0 radical (unpaired) electrons. The first-order chi connectivity index (χ1) is 11.4. The Hall–Kier alpha value is -2.64. The highest BCUT2D eigenvalue weighted by Crippen LogP contribution is 2.31. The van der Waals surface area contributed by atoms with E-state index < -0.39 is 16.7 Å². The molecule has 0 aromatic heterocycles. The number of anilines is 1. The molecule has 0 unspecified atom stereocenters.